The van der Waals surface area contributed by atoms with Gasteiger partial charge in [0.1, 0.15) is 5.75 Å². The van der Waals surface area contributed by atoms with E-state index in [9.17, 15) is 0 Å². The molecule has 5 heteroatoms. The van der Waals surface area contributed by atoms with Crippen LogP contribution in [0, 0.1) is 0 Å². The molecule has 0 atom stereocenters. The van der Waals surface area contributed by atoms with Gasteiger partial charge in [-0.3, -0.25) is 0 Å². The third kappa shape index (κ3) is 3.69. The Kier molecular flexibility index (Phi) is 4.81. The Balaban J connectivity index is 2.13. The van der Waals surface area contributed by atoms with Crippen molar-refractivity contribution in [2.24, 2.45) is 0 Å². The molecule has 0 fully saturated rings. The predicted octanol–water partition coefficient (Wildman–Crippen LogP) is 5.27. The molecular weight excluding hydrogens is 305 g/mol. The molecule has 0 aromatic heterocycles. The van der Waals surface area contributed by atoms with E-state index in [0.717, 1.165) is 17.0 Å². The highest BCUT2D eigenvalue weighted by Crippen LogP contribution is 2.29. The summed E-state index contributed by atoms with van der Waals surface area (Å²) < 4.78 is 5.26. The minimum absolute atomic E-state index is 0.541. The molecule has 2 aromatic carbocycles. The normalized spacial score (nSPS) is 10.3. The first-order valence-corrected chi connectivity index (χ1v) is 6.75. The predicted molar refractivity (Wildman–Crippen MR) is 81.8 cm³/mol. The van der Waals surface area contributed by atoms with Crippen molar-refractivity contribution < 1.29 is 4.74 Å². The van der Waals surface area contributed by atoms with Crippen LogP contribution in [0.2, 0.25) is 15.1 Å². The molecule has 0 unspecified atom stereocenters. The van der Waals surface area contributed by atoms with E-state index in [1.807, 2.05) is 24.3 Å². The standard InChI is InChI=1S/C14H12Cl3NO/c1-19-14-5-3-10(15)7-13(14)18-8-9-2-4-11(16)12(17)6-9/h2-7,18H,8H2,1H3. The summed E-state index contributed by atoms with van der Waals surface area (Å²) in [4.78, 5) is 0. The molecule has 0 spiro atoms. The van der Waals surface area contributed by atoms with Gasteiger partial charge in [0.2, 0.25) is 0 Å². The second-order valence-corrected chi connectivity index (χ2v) is 5.20. The average Bonchev–Trinajstić information content (AvgIpc) is 2.40. The number of hydrogen-bond acceptors (Lipinski definition) is 2. The van der Waals surface area contributed by atoms with Crippen LogP contribution in [0.4, 0.5) is 5.69 Å². The second kappa shape index (κ2) is 6.38. The molecule has 0 radical (unpaired) electrons. The number of anilines is 1. The van der Waals surface area contributed by atoms with Crippen molar-refractivity contribution in [3.8, 4) is 5.75 Å². The number of benzene rings is 2. The molecule has 19 heavy (non-hydrogen) atoms. The van der Waals surface area contributed by atoms with Crippen LogP contribution >= 0.6 is 34.8 Å². The number of ether oxygens (including phenoxy) is 1. The fraction of sp³-hybridized carbons (Fsp3) is 0.143. The number of halogens is 3. The Morgan fingerprint density at radius 2 is 1.79 bits per heavy atom. The zero-order valence-corrected chi connectivity index (χ0v) is 12.5. The second-order valence-electron chi connectivity index (χ2n) is 3.95. The summed E-state index contributed by atoms with van der Waals surface area (Å²) in [6, 6.07) is 10.9. The molecule has 0 saturated heterocycles. The SMILES string of the molecule is COc1ccc(Cl)cc1NCc1ccc(Cl)c(Cl)c1. The van der Waals surface area contributed by atoms with Crippen molar-refractivity contribution in [2.45, 2.75) is 6.54 Å². The van der Waals surface area contributed by atoms with E-state index in [-0.39, 0.29) is 0 Å². The van der Waals surface area contributed by atoms with Gasteiger partial charge in [0.25, 0.3) is 0 Å². The maximum absolute atomic E-state index is 5.97. The molecule has 0 aliphatic heterocycles. The van der Waals surface area contributed by atoms with Crippen LogP contribution in [0.15, 0.2) is 36.4 Å². The summed E-state index contributed by atoms with van der Waals surface area (Å²) in [5.41, 5.74) is 1.86. The lowest BCUT2D eigenvalue weighted by Crippen LogP contribution is -2.01. The first-order chi connectivity index (χ1) is 9.10. The maximum Gasteiger partial charge on any atom is 0.142 e. The number of nitrogens with one attached hydrogen (secondary N) is 1. The van der Waals surface area contributed by atoms with Crippen LogP contribution < -0.4 is 10.1 Å². The Morgan fingerprint density at radius 1 is 1.00 bits per heavy atom. The van der Waals surface area contributed by atoms with E-state index < -0.39 is 0 Å². The fourth-order valence-corrected chi connectivity index (χ4v) is 2.16. The van der Waals surface area contributed by atoms with E-state index in [1.54, 1.807) is 19.2 Å². The van der Waals surface area contributed by atoms with Gasteiger partial charge in [-0.2, -0.15) is 0 Å². The molecule has 2 aromatic rings. The van der Waals surface area contributed by atoms with E-state index in [4.69, 9.17) is 39.5 Å². The number of rotatable bonds is 4. The van der Waals surface area contributed by atoms with Gasteiger partial charge in [0.15, 0.2) is 0 Å². The fourth-order valence-electron chi connectivity index (χ4n) is 1.67. The lowest BCUT2D eigenvalue weighted by Gasteiger charge is -2.12. The molecule has 0 saturated carbocycles. The van der Waals surface area contributed by atoms with Crippen LogP contribution in [-0.2, 0) is 6.54 Å². The van der Waals surface area contributed by atoms with Gasteiger partial charge in [-0.15, -0.1) is 0 Å². The van der Waals surface area contributed by atoms with Crippen LogP contribution in [0.1, 0.15) is 5.56 Å². The van der Waals surface area contributed by atoms with Crippen molar-refractivity contribution >= 4 is 40.5 Å². The van der Waals surface area contributed by atoms with Crippen LogP contribution in [0.5, 0.6) is 5.75 Å². The Bertz CT molecular complexity index is 587. The Hall–Kier alpha value is -1.09. The Labute approximate surface area is 127 Å². The molecule has 1 N–H and O–H groups in total. The van der Waals surface area contributed by atoms with Gasteiger partial charge in [-0.1, -0.05) is 40.9 Å². The molecular formula is C14H12Cl3NO. The van der Waals surface area contributed by atoms with Gasteiger partial charge in [0.05, 0.1) is 22.8 Å². The minimum atomic E-state index is 0.541. The van der Waals surface area contributed by atoms with Crippen molar-refractivity contribution in [1.29, 1.82) is 0 Å². The van der Waals surface area contributed by atoms with Gasteiger partial charge < -0.3 is 10.1 Å². The van der Waals surface area contributed by atoms with Gasteiger partial charge in [0, 0.05) is 11.6 Å². The monoisotopic (exact) mass is 315 g/mol. The third-order valence-corrected chi connectivity index (χ3v) is 3.60. The first kappa shape index (κ1) is 14.3. The zero-order valence-electron chi connectivity index (χ0n) is 10.2. The molecule has 0 aliphatic carbocycles. The minimum Gasteiger partial charge on any atom is -0.495 e. The largest absolute Gasteiger partial charge is 0.495 e. The summed E-state index contributed by atoms with van der Waals surface area (Å²) in [6.45, 7) is 0.605. The van der Waals surface area contributed by atoms with E-state index >= 15 is 0 Å². The van der Waals surface area contributed by atoms with Gasteiger partial charge in [-0.25, -0.2) is 0 Å². The van der Waals surface area contributed by atoms with Crippen LogP contribution in [0.3, 0.4) is 0 Å². The number of hydrogen-bond donors (Lipinski definition) is 1. The zero-order chi connectivity index (χ0) is 13.8. The van der Waals surface area contributed by atoms with E-state index in [2.05, 4.69) is 5.32 Å². The highest BCUT2D eigenvalue weighted by atomic mass is 35.5. The lowest BCUT2D eigenvalue weighted by atomic mass is 10.2. The molecule has 0 amide bonds. The average molecular weight is 317 g/mol. The summed E-state index contributed by atoms with van der Waals surface area (Å²) in [6.07, 6.45) is 0. The lowest BCUT2D eigenvalue weighted by molar-refractivity contribution is 0.416. The summed E-state index contributed by atoms with van der Waals surface area (Å²) >= 11 is 17.8. The summed E-state index contributed by atoms with van der Waals surface area (Å²) in [7, 11) is 1.62. The van der Waals surface area contributed by atoms with E-state index in [0.29, 0.717) is 21.6 Å². The number of methoxy groups -OCH3 is 1. The van der Waals surface area contributed by atoms with Gasteiger partial charge in [-0.05, 0) is 35.9 Å². The molecule has 100 valence electrons. The first-order valence-electron chi connectivity index (χ1n) is 5.61. The molecule has 0 aliphatic rings. The van der Waals surface area contributed by atoms with Crippen molar-refractivity contribution in [3.05, 3.63) is 57.0 Å². The van der Waals surface area contributed by atoms with Crippen molar-refractivity contribution in [2.75, 3.05) is 12.4 Å². The highest BCUT2D eigenvalue weighted by Gasteiger charge is 2.04. The van der Waals surface area contributed by atoms with Crippen LogP contribution in [0.25, 0.3) is 0 Å². The summed E-state index contributed by atoms with van der Waals surface area (Å²) in [5, 5.41) is 4.99. The summed E-state index contributed by atoms with van der Waals surface area (Å²) in [5.74, 6) is 0.740. The smallest absolute Gasteiger partial charge is 0.142 e. The van der Waals surface area contributed by atoms with E-state index in [1.165, 1.54) is 0 Å². The molecule has 2 rings (SSSR count). The third-order valence-electron chi connectivity index (χ3n) is 2.63. The molecule has 2 nitrogen and oxygen atoms in total. The maximum atomic E-state index is 5.97. The van der Waals surface area contributed by atoms with Crippen LogP contribution in [-0.4, -0.2) is 7.11 Å². The molecule has 0 bridgehead atoms. The van der Waals surface area contributed by atoms with Crippen molar-refractivity contribution in [1.82, 2.24) is 0 Å². The Morgan fingerprint density at radius 3 is 2.47 bits per heavy atom. The molecule has 0 heterocycles. The van der Waals surface area contributed by atoms with Gasteiger partial charge >= 0.3 is 0 Å². The highest BCUT2D eigenvalue weighted by molar-refractivity contribution is 6.42. The topological polar surface area (TPSA) is 21.3 Å². The van der Waals surface area contributed by atoms with Crippen molar-refractivity contribution in [3.63, 3.8) is 0 Å². The quantitative estimate of drug-likeness (QED) is 0.830.